The molecule has 0 N–H and O–H groups in total. The highest BCUT2D eigenvalue weighted by Crippen LogP contribution is 2.50. The van der Waals surface area contributed by atoms with Crippen molar-refractivity contribution in [2.24, 2.45) is 0 Å². The van der Waals surface area contributed by atoms with Crippen LogP contribution in [0.5, 0.6) is 0 Å². The van der Waals surface area contributed by atoms with E-state index in [1.165, 1.54) is 87.6 Å². The van der Waals surface area contributed by atoms with Crippen molar-refractivity contribution in [1.29, 1.82) is 0 Å². The van der Waals surface area contributed by atoms with Crippen LogP contribution < -0.4 is 10.4 Å². The predicted octanol–water partition coefficient (Wildman–Crippen LogP) is 11.6. The van der Waals surface area contributed by atoms with Crippen molar-refractivity contribution in [1.82, 2.24) is 0 Å². The summed E-state index contributed by atoms with van der Waals surface area (Å²) in [4.78, 5) is 0. The van der Waals surface area contributed by atoms with Gasteiger partial charge in [0.15, 0.2) is 0 Å². The predicted molar refractivity (Wildman–Crippen MR) is 218 cm³/mol. The number of hydrogen-bond donors (Lipinski definition) is 0. The molecule has 4 aliphatic rings. The minimum absolute atomic E-state index is 0.410. The first-order chi connectivity index (χ1) is 25.3. The molecule has 0 nitrogen and oxygen atoms in total. The Hall–Kier alpha value is -5.98. The summed E-state index contributed by atoms with van der Waals surface area (Å²) in [7, 11) is 0. The standard InChI is InChI=1S/C51H38/c1-2-5-17-37-29-31-44(46-25-11-19-36(16-4-1)50(37)46)43-30-28-35(34-14-6-3-7-15-34)18-10-22-40(38-23-12-24-39(38)43)45-32-33-49-42-21-9-8-20-41(42)47-26-13-27-48(45)51(47)49/h1-11,13-15,18-33,41-42H,12,16-17H2. The van der Waals surface area contributed by atoms with Crippen molar-refractivity contribution in [3.63, 3.8) is 0 Å². The van der Waals surface area contributed by atoms with Gasteiger partial charge in [0.05, 0.1) is 0 Å². The molecule has 0 spiro atoms. The summed E-state index contributed by atoms with van der Waals surface area (Å²) in [5.41, 5.74) is 13.2. The lowest BCUT2D eigenvalue weighted by Crippen LogP contribution is -2.24. The summed E-state index contributed by atoms with van der Waals surface area (Å²) in [6, 6.07) is 45.8. The summed E-state index contributed by atoms with van der Waals surface area (Å²) >= 11 is 0. The summed E-state index contributed by atoms with van der Waals surface area (Å²) in [5.74, 6) is 0.820. The van der Waals surface area contributed by atoms with Gasteiger partial charge in [-0.2, -0.15) is 0 Å². The third-order valence-electron chi connectivity index (χ3n) is 11.4. The van der Waals surface area contributed by atoms with Crippen LogP contribution in [-0.2, 0) is 12.8 Å². The molecule has 0 aliphatic heterocycles. The molecule has 0 aromatic heterocycles. The lowest BCUT2D eigenvalue weighted by atomic mass is 9.86. The van der Waals surface area contributed by atoms with Crippen molar-refractivity contribution in [3.8, 4) is 33.4 Å². The topological polar surface area (TPSA) is 0 Å². The molecule has 0 heterocycles. The smallest absolute Gasteiger partial charge is 0.0131 e. The van der Waals surface area contributed by atoms with Gasteiger partial charge in [0.1, 0.15) is 0 Å². The van der Waals surface area contributed by atoms with Crippen molar-refractivity contribution < 1.29 is 0 Å². The highest BCUT2D eigenvalue weighted by molar-refractivity contribution is 6.04. The molecule has 2 unspecified atom stereocenters. The Labute approximate surface area is 299 Å². The Kier molecular flexibility index (Phi) is 7.27. The number of benzene rings is 5. The molecule has 0 saturated carbocycles. The van der Waals surface area contributed by atoms with E-state index in [9.17, 15) is 0 Å². The Morgan fingerprint density at radius 3 is 1.73 bits per heavy atom. The first-order valence-electron chi connectivity index (χ1n) is 18.4. The molecule has 2 atom stereocenters. The van der Waals surface area contributed by atoms with Crippen LogP contribution in [0.3, 0.4) is 0 Å². The summed E-state index contributed by atoms with van der Waals surface area (Å²) in [6.45, 7) is 0. The Bertz CT molecular complexity index is 2670. The second-order valence-corrected chi connectivity index (χ2v) is 14.1. The van der Waals surface area contributed by atoms with E-state index in [1.807, 2.05) is 0 Å². The third kappa shape index (κ3) is 4.97. The van der Waals surface area contributed by atoms with E-state index in [2.05, 4.69) is 182 Å². The van der Waals surface area contributed by atoms with Crippen molar-refractivity contribution in [2.45, 2.75) is 31.1 Å². The van der Waals surface area contributed by atoms with Gasteiger partial charge in [-0.1, -0.05) is 182 Å². The van der Waals surface area contributed by atoms with Gasteiger partial charge in [-0.15, -0.1) is 0 Å². The van der Waals surface area contributed by atoms with Crippen molar-refractivity contribution in [2.75, 3.05) is 0 Å². The summed E-state index contributed by atoms with van der Waals surface area (Å²) in [6.07, 6.45) is 25.8. The average Bonchev–Trinajstić information content (AvgIpc) is 3.81. The Balaban J connectivity index is 1.30. The highest BCUT2D eigenvalue weighted by Gasteiger charge is 2.32. The summed E-state index contributed by atoms with van der Waals surface area (Å²) < 4.78 is 0. The van der Waals surface area contributed by atoms with Gasteiger partial charge in [-0.25, -0.2) is 0 Å². The van der Waals surface area contributed by atoms with Crippen LogP contribution in [0, 0.1) is 0 Å². The van der Waals surface area contributed by atoms with E-state index in [1.54, 1.807) is 0 Å². The molecule has 0 heteroatoms. The molecule has 0 saturated heterocycles. The summed E-state index contributed by atoms with van der Waals surface area (Å²) in [5, 5.41) is 8.13. The van der Waals surface area contributed by atoms with Crippen molar-refractivity contribution >= 4 is 33.7 Å². The lowest BCUT2D eigenvalue weighted by molar-refractivity contribution is 0.769. The molecule has 10 rings (SSSR count). The maximum absolute atomic E-state index is 2.45. The van der Waals surface area contributed by atoms with Gasteiger partial charge in [0, 0.05) is 11.8 Å². The average molecular weight is 651 g/mol. The number of allylic oxidation sites excluding steroid dienone is 8. The minimum Gasteiger partial charge on any atom is -0.0801 e. The zero-order valence-corrected chi connectivity index (χ0v) is 28.6. The van der Waals surface area contributed by atoms with Crippen LogP contribution in [0.25, 0.3) is 67.1 Å². The zero-order chi connectivity index (χ0) is 33.7. The van der Waals surface area contributed by atoms with Gasteiger partial charge >= 0.3 is 0 Å². The van der Waals surface area contributed by atoms with Crippen LogP contribution in [0.2, 0.25) is 0 Å². The van der Waals surface area contributed by atoms with Gasteiger partial charge in [-0.05, 0) is 107 Å². The number of hydrogen-bond acceptors (Lipinski definition) is 0. The van der Waals surface area contributed by atoms with Gasteiger partial charge in [-0.3, -0.25) is 0 Å². The quantitative estimate of drug-likeness (QED) is 0.179. The van der Waals surface area contributed by atoms with E-state index < -0.39 is 0 Å². The van der Waals surface area contributed by atoms with Gasteiger partial charge in [0.25, 0.3) is 0 Å². The fourth-order valence-electron chi connectivity index (χ4n) is 9.11. The van der Waals surface area contributed by atoms with Crippen LogP contribution in [0.1, 0.15) is 40.5 Å². The fraction of sp³-hybridized carbons (Fsp3) is 0.0980. The van der Waals surface area contributed by atoms with Crippen LogP contribution in [0.4, 0.5) is 0 Å². The lowest BCUT2D eigenvalue weighted by Gasteiger charge is -2.17. The van der Waals surface area contributed by atoms with Gasteiger partial charge < -0.3 is 0 Å². The number of fused-ring (bicyclic) bond motifs is 4. The largest absolute Gasteiger partial charge is 0.0801 e. The van der Waals surface area contributed by atoms with E-state index in [0.717, 1.165) is 19.3 Å². The van der Waals surface area contributed by atoms with E-state index in [-0.39, 0.29) is 0 Å². The SMILES string of the molecule is C1=CCc2cccc3c(-c4ccc(-c5ccccc5)cccc(-c5ccc6c7c(cccc57)C5C=CC=CC65)c5c4=CCC=5)ccc(c23)CC=C1. The van der Waals surface area contributed by atoms with Crippen LogP contribution in [-0.4, -0.2) is 0 Å². The second-order valence-electron chi connectivity index (χ2n) is 14.1. The molecule has 0 fully saturated rings. The molecular weight excluding hydrogens is 613 g/mol. The first kappa shape index (κ1) is 29.9. The molecule has 6 aromatic rings. The van der Waals surface area contributed by atoms with Crippen molar-refractivity contribution in [3.05, 3.63) is 203 Å². The maximum Gasteiger partial charge on any atom is 0.0131 e. The Morgan fingerprint density at radius 1 is 0.392 bits per heavy atom. The first-order valence-corrected chi connectivity index (χ1v) is 18.4. The Morgan fingerprint density at radius 2 is 0.961 bits per heavy atom. The van der Waals surface area contributed by atoms with E-state index >= 15 is 0 Å². The van der Waals surface area contributed by atoms with Crippen LogP contribution >= 0.6 is 0 Å². The molecule has 4 aliphatic carbocycles. The zero-order valence-electron chi connectivity index (χ0n) is 28.6. The normalized spacial score (nSPS) is 17.6. The fourth-order valence-corrected chi connectivity index (χ4v) is 9.11. The molecule has 0 amide bonds. The second kappa shape index (κ2) is 12.4. The highest BCUT2D eigenvalue weighted by atomic mass is 14.4. The minimum atomic E-state index is 0.410. The number of rotatable bonds is 3. The molecule has 242 valence electrons. The molecule has 6 aromatic carbocycles. The third-order valence-corrected chi connectivity index (χ3v) is 11.4. The monoisotopic (exact) mass is 650 g/mol. The van der Waals surface area contributed by atoms with Gasteiger partial charge in [0.2, 0.25) is 0 Å². The van der Waals surface area contributed by atoms with Crippen LogP contribution in [0.15, 0.2) is 170 Å². The van der Waals surface area contributed by atoms with E-state index in [0.29, 0.717) is 11.8 Å². The van der Waals surface area contributed by atoms with E-state index in [4.69, 9.17) is 0 Å². The molecular formula is C51H38. The maximum atomic E-state index is 2.45. The molecule has 0 radical (unpaired) electrons. The molecule has 51 heavy (non-hydrogen) atoms. The molecule has 0 bridgehead atoms.